The summed E-state index contributed by atoms with van der Waals surface area (Å²) in [7, 11) is 4.76. The molecule has 1 amide bonds. The molecular weight excluding hydrogens is 666 g/mol. The van der Waals surface area contributed by atoms with Crippen molar-refractivity contribution in [3.8, 4) is 23.0 Å². The topological polar surface area (TPSA) is 120 Å². The van der Waals surface area contributed by atoms with Crippen molar-refractivity contribution < 1.29 is 33.6 Å². The molecule has 10 nitrogen and oxygen atoms in total. The number of aliphatic hydroxyl groups excluding tert-OH is 1. The lowest BCUT2D eigenvalue weighted by Crippen LogP contribution is -2.53. The number of carbonyl (C=O) groups excluding carboxylic acids is 1. The normalized spacial score (nSPS) is 17.0. The van der Waals surface area contributed by atoms with Crippen LogP contribution < -0.4 is 29.8 Å². The third kappa shape index (κ3) is 8.05. The Morgan fingerprint density at radius 1 is 0.894 bits per heavy atom. The van der Waals surface area contributed by atoms with Gasteiger partial charge in [0.2, 0.25) is 5.90 Å². The minimum Gasteiger partial charge on any atom is -0.497 e. The molecule has 47 heavy (non-hydrogen) atoms. The summed E-state index contributed by atoms with van der Waals surface area (Å²) in [5.41, 5.74) is 7.80. The number of carbonyl (C=O) groups is 1. The molecule has 1 aliphatic rings. The molecule has 0 fully saturated rings. The first kappa shape index (κ1) is 33.8. The Labute approximate surface area is 282 Å². The maximum atomic E-state index is 14.5. The summed E-state index contributed by atoms with van der Waals surface area (Å²) < 4.78 is 29.6. The largest absolute Gasteiger partial charge is 0.497 e. The van der Waals surface area contributed by atoms with Gasteiger partial charge in [-0.2, -0.15) is 0 Å². The predicted molar refractivity (Wildman–Crippen MR) is 182 cm³/mol. The first-order valence-corrected chi connectivity index (χ1v) is 15.9. The van der Waals surface area contributed by atoms with Crippen molar-refractivity contribution in [1.82, 2.24) is 10.9 Å². The van der Waals surface area contributed by atoms with E-state index in [-0.39, 0.29) is 18.9 Å². The third-order valence-corrected chi connectivity index (χ3v) is 8.28. The molecule has 3 N–H and O–H groups in total. The van der Waals surface area contributed by atoms with E-state index in [2.05, 4.69) is 26.8 Å². The van der Waals surface area contributed by atoms with E-state index in [0.29, 0.717) is 54.0 Å². The van der Waals surface area contributed by atoms with Gasteiger partial charge in [0.05, 0.1) is 27.9 Å². The first-order valence-electron chi connectivity index (χ1n) is 15.1. The number of rotatable bonds is 15. The fourth-order valence-electron chi connectivity index (χ4n) is 5.33. The van der Waals surface area contributed by atoms with Gasteiger partial charge in [0, 0.05) is 36.0 Å². The zero-order valence-corrected chi connectivity index (χ0v) is 28.1. The highest BCUT2D eigenvalue weighted by Gasteiger charge is 2.53. The quantitative estimate of drug-likeness (QED) is 0.109. The lowest BCUT2D eigenvalue weighted by atomic mass is 9.82. The van der Waals surface area contributed by atoms with Crippen LogP contribution in [0.15, 0.2) is 100 Å². The predicted octanol–water partition coefficient (Wildman–Crippen LogP) is 5.56. The number of halogens is 1. The first-order chi connectivity index (χ1) is 22.9. The Bertz CT molecular complexity index is 1680. The van der Waals surface area contributed by atoms with Crippen LogP contribution >= 0.6 is 15.9 Å². The van der Waals surface area contributed by atoms with E-state index in [0.717, 1.165) is 21.2 Å². The highest BCUT2D eigenvalue weighted by Crippen LogP contribution is 2.43. The van der Waals surface area contributed by atoms with Crippen molar-refractivity contribution in [3.63, 3.8) is 0 Å². The maximum absolute atomic E-state index is 14.5. The number of nitrogens with zero attached hydrogens (tertiary/aromatic N) is 1. The van der Waals surface area contributed by atoms with Crippen LogP contribution in [0.3, 0.4) is 0 Å². The van der Waals surface area contributed by atoms with Crippen LogP contribution in [0.5, 0.6) is 23.0 Å². The number of aliphatic imine (C=N–C) groups is 1. The van der Waals surface area contributed by atoms with Crippen molar-refractivity contribution in [2.24, 2.45) is 4.99 Å². The van der Waals surface area contributed by atoms with Crippen molar-refractivity contribution in [1.29, 1.82) is 0 Å². The monoisotopic (exact) mass is 703 g/mol. The smallest absolute Gasteiger partial charge is 0.266 e. The van der Waals surface area contributed by atoms with Gasteiger partial charge in [-0.3, -0.25) is 10.2 Å². The van der Waals surface area contributed by atoms with Gasteiger partial charge < -0.3 is 28.8 Å². The fourth-order valence-corrected chi connectivity index (χ4v) is 5.59. The minimum atomic E-state index is -1.41. The molecule has 0 aliphatic carbocycles. The van der Waals surface area contributed by atoms with Crippen LogP contribution in [0, 0.1) is 0 Å². The molecule has 5 rings (SSSR count). The van der Waals surface area contributed by atoms with E-state index in [4.69, 9.17) is 33.8 Å². The number of amides is 1. The van der Waals surface area contributed by atoms with E-state index in [1.165, 1.54) is 0 Å². The molecule has 2 atom stereocenters. The van der Waals surface area contributed by atoms with Gasteiger partial charge >= 0.3 is 0 Å². The number of hydrogen-bond donors (Lipinski definition) is 3. The van der Waals surface area contributed by atoms with Crippen molar-refractivity contribution in [2.45, 2.75) is 31.0 Å². The molecule has 246 valence electrons. The zero-order chi connectivity index (χ0) is 33.2. The van der Waals surface area contributed by atoms with E-state index < -0.39 is 11.6 Å². The van der Waals surface area contributed by atoms with E-state index in [1.807, 2.05) is 91.0 Å². The number of benzene rings is 4. The summed E-state index contributed by atoms with van der Waals surface area (Å²) in [6.07, 6.45) is -0.00889. The Kier molecular flexibility index (Phi) is 11.4. The summed E-state index contributed by atoms with van der Waals surface area (Å²) in [6.45, 7) is 0.775. The van der Waals surface area contributed by atoms with Crippen LogP contribution in [-0.4, -0.2) is 57.0 Å². The molecular formula is C36H38BrN3O7. The van der Waals surface area contributed by atoms with Crippen LogP contribution in [0.25, 0.3) is 0 Å². The van der Waals surface area contributed by atoms with E-state index >= 15 is 0 Å². The van der Waals surface area contributed by atoms with Crippen LogP contribution in [0.1, 0.15) is 34.8 Å². The highest BCUT2D eigenvalue weighted by atomic mass is 79.9. The molecule has 11 heteroatoms. The fraction of sp³-hybridized carbons (Fsp3) is 0.278. The maximum Gasteiger partial charge on any atom is 0.266 e. The molecule has 0 saturated heterocycles. The third-order valence-electron chi connectivity index (χ3n) is 7.76. The van der Waals surface area contributed by atoms with Crippen LogP contribution in [-0.2, 0) is 22.5 Å². The SMILES string of the molecule is COc1cccc([C@@H]2OC(c3ccc(OCCCO)cc3)=N[C@]2(Cc2ccc(Br)cc2)C(=O)NNCc2ccc(OC)c(OC)c2)c1. The van der Waals surface area contributed by atoms with Gasteiger partial charge in [-0.15, -0.1) is 0 Å². The van der Waals surface area contributed by atoms with Crippen LogP contribution in [0.2, 0.25) is 0 Å². The lowest BCUT2D eigenvalue weighted by Gasteiger charge is -2.31. The second-order valence-corrected chi connectivity index (χ2v) is 11.8. The van der Waals surface area contributed by atoms with E-state index in [1.54, 1.807) is 21.3 Å². The zero-order valence-electron chi connectivity index (χ0n) is 26.5. The number of nitrogens with one attached hydrogen (secondary N) is 2. The highest BCUT2D eigenvalue weighted by molar-refractivity contribution is 9.10. The Morgan fingerprint density at radius 3 is 2.34 bits per heavy atom. The molecule has 1 aliphatic heterocycles. The van der Waals surface area contributed by atoms with Crippen molar-refractivity contribution in [2.75, 3.05) is 34.5 Å². The average Bonchev–Trinajstić information content (AvgIpc) is 3.50. The molecule has 0 radical (unpaired) electrons. The van der Waals surface area contributed by atoms with Gasteiger partial charge in [-0.1, -0.05) is 46.3 Å². The Hall–Kier alpha value is -4.58. The number of ether oxygens (including phenoxy) is 5. The molecule has 0 spiro atoms. The van der Waals surface area contributed by atoms with Gasteiger partial charge in [-0.05, 0) is 77.4 Å². The number of methoxy groups -OCH3 is 3. The molecule has 0 bridgehead atoms. The molecule has 0 saturated carbocycles. The lowest BCUT2D eigenvalue weighted by molar-refractivity contribution is -0.130. The summed E-state index contributed by atoms with van der Waals surface area (Å²) in [5.74, 6) is 2.45. The molecule has 0 aromatic heterocycles. The van der Waals surface area contributed by atoms with Gasteiger partial charge in [0.15, 0.2) is 23.1 Å². The van der Waals surface area contributed by atoms with Crippen LogP contribution in [0.4, 0.5) is 0 Å². The van der Waals surface area contributed by atoms with E-state index in [9.17, 15) is 4.79 Å². The number of hydrazine groups is 1. The number of aliphatic hydroxyl groups is 1. The summed E-state index contributed by atoms with van der Waals surface area (Å²) in [6, 6.07) is 28.2. The molecule has 1 heterocycles. The summed E-state index contributed by atoms with van der Waals surface area (Å²) in [4.78, 5) is 19.6. The van der Waals surface area contributed by atoms with Gasteiger partial charge in [0.25, 0.3) is 5.91 Å². The average molecular weight is 705 g/mol. The standard InChI is InChI=1S/C36H38BrN3O7/c1-43-30-7-4-6-27(21-30)33-36(22-24-8-13-28(37)14-9-24,35(42)40-38-23-25-10-17-31(44-2)32(20-25)45-3)39-34(47-33)26-11-15-29(16-12-26)46-19-5-18-41/h4,6-17,20-21,33,38,41H,5,18-19,22-23H2,1-3H3,(H,40,42)/t33-,36-/m0/s1. The number of hydrogen-bond acceptors (Lipinski definition) is 9. The second-order valence-electron chi connectivity index (χ2n) is 10.9. The summed E-state index contributed by atoms with van der Waals surface area (Å²) in [5, 5.41) is 9.08. The van der Waals surface area contributed by atoms with Crippen molar-refractivity contribution >= 4 is 27.7 Å². The Balaban J connectivity index is 1.51. The van der Waals surface area contributed by atoms with Crippen molar-refractivity contribution in [3.05, 3.63) is 118 Å². The van der Waals surface area contributed by atoms with Gasteiger partial charge in [-0.25, -0.2) is 10.4 Å². The van der Waals surface area contributed by atoms with Gasteiger partial charge in [0.1, 0.15) is 11.5 Å². The second kappa shape index (κ2) is 15.8. The minimum absolute atomic E-state index is 0.0556. The molecule has 4 aromatic rings. The Morgan fingerprint density at radius 2 is 1.64 bits per heavy atom. The summed E-state index contributed by atoms with van der Waals surface area (Å²) >= 11 is 3.51. The molecule has 4 aromatic carbocycles. The molecule has 0 unspecified atom stereocenters.